The van der Waals surface area contributed by atoms with Gasteiger partial charge in [-0.1, -0.05) is 37.1 Å². The van der Waals surface area contributed by atoms with E-state index in [0.29, 0.717) is 6.04 Å². The fraction of sp³-hybridized carbons (Fsp3) is 0.684. The van der Waals surface area contributed by atoms with Crippen LogP contribution in [0.5, 0.6) is 0 Å². The highest BCUT2D eigenvalue weighted by Crippen LogP contribution is 2.41. The van der Waals surface area contributed by atoms with Gasteiger partial charge >= 0.3 is 0 Å². The number of nitrogens with zero attached hydrogens (tertiary/aromatic N) is 1. The summed E-state index contributed by atoms with van der Waals surface area (Å²) in [6, 6.07) is 9.60. The van der Waals surface area contributed by atoms with Crippen molar-refractivity contribution in [2.24, 2.45) is 5.92 Å². The molecule has 1 aromatic rings. The van der Waals surface area contributed by atoms with Crippen molar-refractivity contribution in [2.75, 3.05) is 6.54 Å². The molecule has 0 amide bonds. The van der Waals surface area contributed by atoms with Gasteiger partial charge in [-0.05, 0) is 62.1 Å². The molecule has 0 aromatic heterocycles. The summed E-state index contributed by atoms with van der Waals surface area (Å²) in [5.41, 5.74) is 2.55. The molecule has 1 saturated heterocycles. The molecule has 4 atom stereocenters. The first-order chi connectivity index (χ1) is 10.3. The standard InChI is InChI=1S/C19H27NO/c21-19-16-9-3-1-6-14(16)11-12-18(19)20-13-5-8-15-7-2-4-10-17(15)20/h1,3,6,9,15,17-19,21H,2,4-5,7-8,10-13H2. The predicted octanol–water partition coefficient (Wildman–Crippen LogP) is 3.69. The summed E-state index contributed by atoms with van der Waals surface area (Å²) < 4.78 is 0. The molecule has 0 bridgehead atoms. The average Bonchev–Trinajstić information content (AvgIpc) is 2.55. The highest BCUT2D eigenvalue weighted by Gasteiger charge is 2.40. The maximum Gasteiger partial charge on any atom is 0.0948 e. The van der Waals surface area contributed by atoms with Gasteiger partial charge in [0, 0.05) is 12.1 Å². The topological polar surface area (TPSA) is 23.5 Å². The fourth-order valence-electron chi connectivity index (χ4n) is 5.14. The number of aliphatic hydroxyl groups is 1. The lowest BCUT2D eigenvalue weighted by Gasteiger charge is -2.50. The second-order valence-corrected chi connectivity index (χ2v) is 7.24. The molecule has 2 nitrogen and oxygen atoms in total. The van der Waals surface area contributed by atoms with Crippen molar-refractivity contribution in [3.8, 4) is 0 Å². The molecule has 2 aliphatic carbocycles. The molecule has 2 heteroatoms. The Kier molecular flexibility index (Phi) is 3.76. The Morgan fingerprint density at radius 3 is 2.67 bits per heavy atom. The fourth-order valence-corrected chi connectivity index (χ4v) is 5.14. The number of hydrogen-bond acceptors (Lipinski definition) is 2. The molecule has 0 spiro atoms. The maximum atomic E-state index is 10.9. The van der Waals surface area contributed by atoms with Crippen molar-refractivity contribution in [1.29, 1.82) is 0 Å². The Morgan fingerprint density at radius 1 is 0.905 bits per heavy atom. The number of benzene rings is 1. The third-order valence-corrected chi connectivity index (χ3v) is 6.16. The van der Waals surface area contributed by atoms with E-state index in [1.807, 2.05) is 0 Å². The first-order valence-electron chi connectivity index (χ1n) is 8.86. The van der Waals surface area contributed by atoms with E-state index in [1.54, 1.807) is 0 Å². The number of piperidine rings is 1. The number of fused-ring (bicyclic) bond motifs is 2. The minimum atomic E-state index is -0.282. The van der Waals surface area contributed by atoms with Gasteiger partial charge in [0.1, 0.15) is 0 Å². The lowest BCUT2D eigenvalue weighted by molar-refractivity contribution is -0.0353. The van der Waals surface area contributed by atoms with Gasteiger partial charge in [0.25, 0.3) is 0 Å². The second-order valence-electron chi connectivity index (χ2n) is 7.24. The van der Waals surface area contributed by atoms with E-state index in [2.05, 4.69) is 29.2 Å². The maximum absolute atomic E-state index is 10.9. The normalized spacial score (nSPS) is 36.8. The Bertz CT molecular complexity index is 498. The van der Waals surface area contributed by atoms with Crippen LogP contribution in [-0.2, 0) is 6.42 Å². The van der Waals surface area contributed by atoms with Gasteiger partial charge in [-0.25, -0.2) is 0 Å². The second kappa shape index (κ2) is 5.73. The summed E-state index contributed by atoms with van der Waals surface area (Å²) in [6.45, 7) is 1.20. The highest BCUT2D eigenvalue weighted by molar-refractivity contribution is 5.32. The van der Waals surface area contributed by atoms with Crippen LogP contribution in [0.15, 0.2) is 24.3 Å². The largest absolute Gasteiger partial charge is 0.387 e. The van der Waals surface area contributed by atoms with Crippen molar-refractivity contribution in [2.45, 2.75) is 69.6 Å². The van der Waals surface area contributed by atoms with E-state index >= 15 is 0 Å². The molecule has 114 valence electrons. The summed E-state index contributed by atoms with van der Waals surface area (Å²) in [4.78, 5) is 2.70. The Labute approximate surface area is 128 Å². The monoisotopic (exact) mass is 285 g/mol. The van der Waals surface area contributed by atoms with Gasteiger partial charge in [-0.3, -0.25) is 4.90 Å². The summed E-state index contributed by atoms with van der Waals surface area (Å²) in [5, 5.41) is 10.9. The molecule has 1 aliphatic heterocycles. The molecule has 1 N–H and O–H groups in total. The molecular formula is C19H27NO. The van der Waals surface area contributed by atoms with Gasteiger partial charge in [-0.2, -0.15) is 0 Å². The van der Waals surface area contributed by atoms with E-state index in [4.69, 9.17) is 0 Å². The number of likely N-dealkylation sites (tertiary alicyclic amines) is 1. The predicted molar refractivity (Wildman–Crippen MR) is 85.2 cm³/mol. The molecule has 1 saturated carbocycles. The molecule has 4 unspecified atom stereocenters. The van der Waals surface area contributed by atoms with Crippen LogP contribution >= 0.6 is 0 Å². The minimum absolute atomic E-state index is 0.282. The lowest BCUT2D eigenvalue weighted by Crippen LogP contribution is -2.54. The Hall–Kier alpha value is -0.860. The lowest BCUT2D eigenvalue weighted by atomic mass is 9.75. The molecule has 0 radical (unpaired) electrons. The van der Waals surface area contributed by atoms with E-state index < -0.39 is 0 Å². The molecule has 4 rings (SSSR count). The van der Waals surface area contributed by atoms with E-state index in [9.17, 15) is 5.11 Å². The quantitative estimate of drug-likeness (QED) is 0.850. The minimum Gasteiger partial charge on any atom is -0.387 e. The Balaban J connectivity index is 1.58. The van der Waals surface area contributed by atoms with Gasteiger partial charge in [0.15, 0.2) is 0 Å². The van der Waals surface area contributed by atoms with Crippen LogP contribution in [0, 0.1) is 5.92 Å². The third kappa shape index (κ3) is 2.43. The van der Waals surface area contributed by atoms with Crippen LogP contribution in [-0.4, -0.2) is 28.6 Å². The van der Waals surface area contributed by atoms with Gasteiger partial charge in [-0.15, -0.1) is 0 Å². The van der Waals surface area contributed by atoms with Crippen LogP contribution in [0.4, 0.5) is 0 Å². The average molecular weight is 285 g/mol. The van der Waals surface area contributed by atoms with Crippen molar-refractivity contribution < 1.29 is 5.11 Å². The third-order valence-electron chi connectivity index (χ3n) is 6.16. The van der Waals surface area contributed by atoms with E-state index in [-0.39, 0.29) is 6.10 Å². The van der Waals surface area contributed by atoms with Crippen molar-refractivity contribution in [3.05, 3.63) is 35.4 Å². The van der Waals surface area contributed by atoms with Crippen LogP contribution in [0.1, 0.15) is 62.2 Å². The summed E-state index contributed by atoms with van der Waals surface area (Å²) in [5.74, 6) is 0.900. The molecule has 2 fully saturated rings. The highest BCUT2D eigenvalue weighted by atomic mass is 16.3. The molecule has 3 aliphatic rings. The SMILES string of the molecule is OC1c2ccccc2CCC1N1CCCC2CCCCC21. The van der Waals surface area contributed by atoms with Crippen LogP contribution in [0.2, 0.25) is 0 Å². The first-order valence-corrected chi connectivity index (χ1v) is 8.86. The summed E-state index contributed by atoms with van der Waals surface area (Å²) in [7, 11) is 0. The summed E-state index contributed by atoms with van der Waals surface area (Å²) >= 11 is 0. The summed E-state index contributed by atoms with van der Waals surface area (Å²) in [6.07, 6.45) is 10.3. The van der Waals surface area contributed by atoms with Crippen molar-refractivity contribution in [1.82, 2.24) is 4.90 Å². The zero-order valence-electron chi connectivity index (χ0n) is 12.9. The number of aryl methyl sites for hydroxylation is 1. The number of rotatable bonds is 1. The van der Waals surface area contributed by atoms with Crippen molar-refractivity contribution >= 4 is 0 Å². The number of hydrogen-bond donors (Lipinski definition) is 1. The first kappa shape index (κ1) is 13.8. The molecule has 21 heavy (non-hydrogen) atoms. The zero-order valence-corrected chi connectivity index (χ0v) is 12.9. The van der Waals surface area contributed by atoms with E-state index in [1.165, 1.54) is 56.2 Å². The van der Waals surface area contributed by atoms with E-state index in [0.717, 1.165) is 24.8 Å². The van der Waals surface area contributed by atoms with Crippen LogP contribution < -0.4 is 0 Å². The molecule has 1 aromatic carbocycles. The van der Waals surface area contributed by atoms with Crippen LogP contribution in [0.25, 0.3) is 0 Å². The van der Waals surface area contributed by atoms with Gasteiger partial charge < -0.3 is 5.11 Å². The molecule has 1 heterocycles. The van der Waals surface area contributed by atoms with Crippen molar-refractivity contribution in [3.63, 3.8) is 0 Å². The number of aliphatic hydroxyl groups excluding tert-OH is 1. The molecular weight excluding hydrogens is 258 g/mol. The van der Waals surface area contributed by atoms with Crippen LogP contribution in [0.3, 0.4) is 0 Å². The Morgan fingerprint density at radius 2 is 1.71 bits per heavy atom. The van der Waals surface area contributed by atoms with Gasteiger partial charge in [0.05, 0.1) is 6.10 Å². The zero-order chi connectivity index (χ0) is 14.2. The van der Waals surface area contributed by atoms with Gasteiger partial charge in [0.2, 0.25) is 0 Å². The smallest absolute Gasteiger partial charge is 0.0948 e.